The van der Waals surface area contributed by atoms with Gasteiger partial charge in [-0.1, -0.05) is 0 Å². The van der Waals surface area contributed by atoms with Gasteiger partial charge in [0, 0.05) is 37.7 Å². The van der Waals surface area contributed by atoms with Crippen LogP contribution in [0.2, 0.25) is 0 Å². The van der Waals surface area contributed by atoms with Crippen molar-refractivity contribution >= 4 is 6.09 Å². The fourth-order valence-electron chi connectivity index (χ4n) is 3.29. The minimum Gasteiger partial charge on any atom is -0.444 e. The highest BCUT2D eigenvalue weighted by Gasteiger charge is 2.32. The summed E-state index contributed by atoms with van der Waals surface area (Å²) in [6, 6.07) is 0. The van der Waals surface area contributed by atoms with Gasteiger partial charge < -0.3 is 19.3 Å². The quantitative estimate of drug-likeness (QED) is 0.919. The molecule has 1 saturated carbocycles. The first kappa shape index (κ1) is 17.3. The number of rotatable bonds is 4. The van der Waals surface area contributed by atoms with Crippen LogP contribution >= 0.6 is 0 Å². The maximum atomic E-state index is 12.2. The molecular weight excluding hydrogens is 306 g/mol. The molecule has 24 heavy (non-hydrogen) atoms. The van der Waals surface area contributed by atoms with E-state index in [4.69, 9.17) is 9.72 Å². The Kier molecular flexibility index (Phi) is 4.85. The Labute approximate surface area is 143 Å². The average Bonchev–Trinajstić information content (AvgIpc) is 3.28. The molecule has 1 amide bonds. The van der Waals surface area contributed by atoms with E-state index in [1.54, 1.807) is 4.90 Å². The number of aliphatic hydroxyl groups is 1. The zero-order valence-electron chi connectivity index (χ0n) is 15.0. The highest BCUT2D eigenvalue weighted by atomic mass is 16.6. The molecule has 6 heteroatoms. The molecule has 1 saturated heterocycles. The number of hydrogen-bond acceptors (Lipinski definition) is 4. The third-order valence-corrected chi connectivity index (χ3v) is 4.67. The summed E-state index contributed by atoms with van der Waals surface area (Å²) in [5.41, 5.74) is 0.720. The summed E-state index contributed by atoms with van der Waals surface area (Å²) >= 11 is 0. The summed E-state index contributed by atoms with van der Waals surface area (Å²) < 4.78 is 7.57. The minimum atomic E-state index is -0.454. The van der Waals surface area contributed by atoms with Crippen LogP contribution in [0.5, 0.6) is 0 Å². The normalized spacial score (nSPS) is 19.6. The van der Waals surface area contributed by atoms with Gasteiger partial charge in [0.25, 0.3) is 0 Å². The van der Waals surface area contributed by atoms with E-state index in [0.717, 1.165) is 18.7 Å². The summed E-state index contributed by atoms with van der Waals surface area (Å²) in [6.45, 7) is 7.80. The van der Waals surface area contributed by atoms with Crippen LogP contribution in [0.4, 0.5) is 4.79 Å². The van der Waals surface area contributed by atoms with Crippen molar-refractivity contribution in [1.29, 1.82) is 0 Å². The lowest BCUT2D eigenvalue weighted by molar-refractivity contribution is 0.0202. The molecule has 3 rings (SSSR count). The Balaban J connectivity index is 1.63. The molecule has 0 bridgehead atoms. The molecule has 0 aromatic carbocycles. The van der Waals surface area contributed by atoms with Crippen molar-refractivity contribution in [2.24, 2.45) is 0 Å². The molecule has 1 aliphatic carbocycles. The van der Waals surface area contributed by atoms with Crippen LogP contribution in [0.3, 0.4) is 0 Å². The number of carbonyl (C=O) groups is 1. The monoisotopic (exact) mass is 335 g/mol. The lowest BCUT2D eigenvalue weighted by Gasteiger charge is -2.33. The summed E-state index contributed by atoms with van der Waals surface area (Å²) in [5.74, 6) is 2.04. The van der Waals surface area contributed by atoms with Crippen molar-refractivity contribution < 1.29 is 14.6 Å². The average molecular weight is 335 g/mol. The predicted molar refractivity (Wildman–Crippen MR) is 91.1 cm³/mol. The van der Waals surface area contributed by atoms with Gasteiger partial charge >= 0.3 is 6.09 Å². The summed E-state index contributed by atoms with van der Waals surface area (Å²) in [6.07, 6.45) is 6.14. The zero-order valence-corrected chi connectivity index (χ0v) is 15.0. The van der Waals surface area contributed by atoms with E-state index in [9.17, 15) is 9.90 Å². The second-order valence-electron chi connectivity index (χ2n) is 7.96. The van der Waals surface area contributed by atoms with Gasteiger partial charge in [0.2, 0.25) is 0 Å². The Morgan fingerprint density at radius 1 is 1.25 bits per heavy atom. The largest absolute Gasteiger partial charge is 0.444 e. The number of amides is 1. The van der Waals surface area contributed by atoms with E-state index in [1.165, 1.54) is 18.5 Å². The van der Waals surface area contributed by atoms with Gasteiger partial charge in [-0.3, -0.25) is 0 Å². The number of ether oxygens (including phenoxy) is 1. The third-order valence-electron chi connectivity index (χ3n) is 4.67. The Hall–Kier alpha value is -1.56. The Morgan fingerprint density at radius 3 is 2.46 bits per heavy atom. The highest BCUT2D eigenvalue weighted by molar-refractivity contribution is 5.68. The van der Waals surface area contributed by atoms with Gasteiger partial charge in [0.15, 0.2) is 0 Å². The molecule has 0 unspecified atom stereocenters. The van der Waals surface area contributed by atoms with Gasteiger partial charge in [-0.2, -0.15) is 0 Å². The molecule has 1 aromatic heterocycles. The first-order valence-electron chi connectivity index (χ1n) is 9.03. The molecule has 1 aliphatic heterocycles. The second-order valence-corrected chi connectivity index (χ2v) is 7.96. The maximum absolute atomic E-state index is 12.2. The highest BCUT2D eigenvalue weighted by Crippen LogP contribution is 2.40. The molecule has 1 aromatic rings. The second kappa shape index (κ2) is 6.75. The van der Waals surface area contributed by atoms with Crippen molar-refractivity contribution in [3.63, 3.8) is 0 Å². The van der Waals surface area contributed by atoms with Crippen LogP contribution in [0.15, 0.2) is 6.20 Å². The predicted octanol–water partition coefficient (Wildman–Crippen LogP) is 2.87. The van der Waals surface area contributed by atoms with Crippen LogP contribution in [-0.2, 0) is 11.3 Å². The van der Waals surface area contributed by atoms with Crippen LogP contribution in [0.25, 0.3) is 0 Å². The van der Waals surface area contributed by atoms with Gasteiger partial charge in [-0.15, -0.1) is 0 Å². The molecule has 134 valence electrons. The van der Waals surface area contributed by atoms with Crippen molar-refractivity contribution in [1.82, 2.24) is 14.5 Å². The Bertz CT molecular complexity index is 579. The number of aliphatic hydroxyl groups excluding tert-OH is 1. The number of aromatic nitrogens is 2. The standard InChI is InChI=1S/C18H29N3O3/c1-18(2,3)24-17(23)20-8-6-14(7-9-20)16-19-15(13-4-5-13)12-21(16)10-11-22/h12-14,22H,4-11H2,1-3H3. The number of piperidine rings is 1. The fourth-order valence-corrected chi connectivity index (χ4v) is 3.29. The third kappa shape index (κ3) is 4.09. The van der Waals surface area contributed by atoms with Crippen molar-refractivity contribution in [2.45, 2.75) is 70.4 Å². The summed E-state index contributed by atoms with van der Waals surface area (Å²) in [5, 5.41) is 9.31. The molecule has 6 nitrogen and oxygen atoms in total. The number of likely N-dealkylation sites (tertiary alicyclic amines) is 1. The molecule has 1 N–H and O–H groups in total. The van der Waals surface area contributed by atoms with Crippen LogP contribution < -0.4 is 0 Å². The first-order chi connectivity index (χ1) is 11.4. The molecule has 0 atom stereocenters. The molecule has 2 heterocycles. The van der Waals surface area contributed by atoms with E-state index in [-0.39, 0.29) is 12.7 Å². The number of hydrogen-bond donors (Lipinski definition) is 1. The SMILES string of the molecule is CC(C)(C)OC(=O)N1CCC(c2nc(C3CC3)cn2CCO)CC1. The molecular formula is C18H29N3O3. The van der Waals surface area contributed by atoms with Gasteiger partial charge in [0.1, 0.15) is 11.4 Å². The van der Waals surface area contributed by atoms with Crippen LogP contribution in [0, 0.1) is 0 Å². The first-order valence-corrected chi connectivity index (χ1v) is 9.03. The molecule has 0 spiro atoms. The van der Waals surface area contributed by atoms with Crippen molar-refractivity contribution in [2.75, 3.05) is 19.7 Å². The number of nitrogens with zero attached hydrogens (tertiary/aromatic N) is 3. The summed E-state index contributed by atoms with van der Waals surface area (Å²) in [7, 11) is 0. The van der Waals surface area contributed by atoms with Crippen LogP contribution in [-0.4, -0.2) is 50.9 Å². The fraction of sp³-hybridized carbons (Fsp3) is 0.778. The topological polar surface area (TPSA) is 67.6 Å². The van der Waals surface area contributed by atoms with Crippen molar-refractivity contribution in [3.8, 4) is 0 Å². The molecule has 2 aliphatic rings. The van der Waals surface area contributed by atoms with Gasteiger partial charge in [-0.05, 0) is 46.5 Å². The van der Waals surface area contributed by atoms with E-state index >= 15 is 0 Å². The minimum absolute atomic E-state index is 0.129. The van der Waals surface area contributed by atoms with E-state index in [0.29, 0.717) is 31.5 Å². The smallest absolute Gasteiger partial charge is 0.410 e. The molecule has 2 fully saturated rings. The number of imidazole rings is 1. The maximum Gasteiger partial charge on any atom is 0.410 e. The lowest BCUT2D eigenvalue weighted by atomic mass is 9.96. The molecule has 0 radical (unpaired) electrons. The van der Waals surface area contributed by atoms with E-state index in [1.807, 2.05) is 20.8 Å². The van der Waals surface area contributed by atoms with Gasteiger partial charge in [0.05, 0.1) is 12.3 Å². The number of carbonyl (C=O) groups excluding carboxylic acids is 1. The zero-order chi connectivity index (χ0) is 17.3. The van der Waals surface area contributed by atoms with Gasteiger partial charge in [-0.25, -0.2) is 9.78 Å². The van der Waals surface area contributed by atoms with E-state index in [2.05, 4.69) is 10.8 Å². The van der Waals surface area contributed by atoms with E-state index < -0.39 is 5.60 Å². The van der Waals surface area contributed by atoms with Crippen LogP contribution in [0.1, 0.15) is 69.8 Å². The summed E-state index contributed by atoms with van der Waals surface area (Å²) in [4.78, 5) is 18.8. The lowest BCUT2D eigenvalue weighted by Crippen LogP contribution is -2.41. The van der Waals surface area contributed by atoms with Crippen molar-refractivity contribution in [3.05, 3.63) is 17.7 Å². The Morgan fingerprint density at radius 2 is 1.92 bits per heavy atom.